The van der Waals surface area contributed by atoms with Gasteiger partial charge in [0.15, 0.2) is 6.29 Å². The number of methoxy groups -OCH3 is 3. The molecule has 0 amide bonds. The molecule has 1 saturated heterocycles. The van der Waals surface area contributed by atoms with Crippen LogP contribution in [0.4, 0.5) is 0 Å². The second-order valence-electron chi connectivity index (χ2n) is 6.60. The molecule has 6 nitrogen and oxygen atoms in total. The Bertz CT molecular complexity index is 809. The molecule has 0 spiro atoms. The summed E-state index contributed by atoms with van der Waals surface area (Å²) in [5.74, 6) is 2.24. The van der Waals surface area contributed by atoms with Crippen LogP contribution in [0, 0.1) is 0 Å². The Morgan fingerprint density at radius 1 is 0.821 bits per heavy atom. The van der Waals surface area contributed by atoms with Crippen molar-refractivity contribution in [3.8, 4) is 17.2 Å². The van der Waals surface area contributed by atoms with Gasteiger partial charge >= 0.3 is 0 Å². The summed E-state index contributed by atoms with van der Waals surface area (Å²) in [6.45, 7) is 0.430. The molecule has 6 heteroatoms. The summed E-state index contributed by atoms with van der Waals surface area (Å²) in [7, 11) is 4.92. The molecule has 2 aliphatic heterocycles. The number of rotatable bonds is 5. The zero-order valence-electron chi connectivity index (χ0n) is 16.2. The third kappa shape index (κ3) is 3.58. The molecule has 0 N–H and O–H groups in total. The third-order valence-electron chi connectivity index (χ3n) is 4.99. The van der Waals surface area contributed by atoms with Crippen molar-refractivity contribution in [3.05, 3.63) is 65.7 Å². The highest BCUT2D eigenvalue weighted by molar-refractivity contribution is 5.48. The van der Waals surface area contributed by atoms with Crippen molar-refractivity contribution in [3.63, 3.8) is 0 Å². The normalized spacial score (nSPS) is 26.4. The van der Waals surface area contributed by atoms with Crippen molar-refractivity contribution < 1.29 is 28.4 Å². The van der Waals surface area contributed by atoms with Gasteiger partial charge in [-0.05, 0) is 24.3 Å². The maximum absolute atomic E-state index is 6.27. The lowest BCUT2D eigenvalue weighted by molar-refractivity contribution is -0.262. The lowest BCUT2D eigenvalue weighted by atomic mass is 10.0. The van der Waals surface area contributed by atoms with Crippen LogP contribution < -0.4 is 14.2 Å². The van der Waals surface area contributed by atoms with E-state index in [1.165, 1.54) is 0 Å². The summed E-state index contributed by atoms with van der Waals surface area (Å²) in [6, 6.07) is 13.4. The zero-order valence-corrected chi connectivity index (χ0v) is 16.2. The Balaban J connectivity index is 1.52. The Morgan fingerprint density at radius 2 is 1.54 bits per heavy atom. The summed E-state index contributed by atoms with van der Waals surface area (Å²) in [6.07, 6.45) is 2.90. The van der Waals surface area contributed by atoms with Gasteiger partial charge in [0.05, 0.1) is 33.5 Å². The van der Waals surface area contributed by atoms with Crippen LogP contribution >= 0.6 is 0 Å². The van der Waals surface area contributed by atoms with Crippen LogP contribution in [-0.2, 0) is 14.2 Å². The quantitative estimate of drug-likeness (QED) is 0.731. The Morgan fingerprint density at radius 3 is 2.18 bits per heavy atom. The van der Waals surface area contributed by atoms with Gasteiger partial charge in [-0.15, -0.1) is 0 Å². The lowest BCUT2D eigenvalue weighted by Gasteiger charge is -2.39. The summed E-state index contributed by atoms with van der Waals surface area (Å²) in [4.78, 5) is 0. The fraction of sp³-hybridized carbons (Fsp3) is 0.364. The highest BCUT2D eigenvalue weighted by Crippen LogP contribution is 2.41. The van der Waals surface area contributed by atoms with Gasteiger partial charge < -0.3 is 28.4 Å². The fourth-order valence-electron chi connectivity index (χ4n) is 3.54. The van der Waals surface area contributed by atoms with E-state index in [2.05, 4.69) is 0 Å². The summed E-state index contributed by atoms with van der Waals surface area (Å²) < 4.78 is 34.5. The molecule has 0 bridgehead atoms. The minimum absolute atomic E-state index is 0.183. The Hall–Kier alpha value is -2.54. The molecule has 0 radical (unpaired) electrons. The Labute approximate surface area is 164 Å². The monoisotopic (exact) mass is 384 g/mol. The van der Waals surface area contributed by atoms with Crippen molar-refractivity contribution in [2.24, 2.45) is 0 Å². The molecule has 148 valence electrons. The molecule has 0 aliphatic carbocycles. The van der Waals surface area contributed by atoms with Crippen molar-refractivity contribution in [2.75, 3.05) is 27.9 Å². The Kier molecular flexibility index (Phi) is 5.52. The van der Waals surface area contributed by atoms with Gasteiger partial charge in [-0.25, -0.2) is 0 Å². The SMILES string of the molecule is COc1ccc(C2OC[C@H]3O[C@H](c4c(OC)cccc4OC)C=C[C@@H]3O2)cc1. The maximum Gasteiger partial charge on any atom is 0.184 e. The second kappa shape index (κ2) is 8.22. The van der Waals surface area contributed by atoms with Crippen LogP contribution in [0.5, 0.6) is 17.2 Å². The number of benzene rings is 2. The largest absolute Gasteiger partial charge is 0.497 e. The molecule has 4 rings (SSSR count). The predicted molar refractivity (Wildman–Crippen MR) is 103 cm³/mol. The summed E-state index contributed by atoms with van der Waals surface area (Å²) in [5, 5.41) is 0. The van der Waals surface area contributed by atoms with E-state index >= 15 is 0 Å². The van der Waals surface area contributed by atoms with Gasteiger partial charge in [-0.1, -0.05) is 30.4 Å². The molecule has 2 aromatic carbocycles. The van der Waals surface area contributed by atoms with Gasteiger partial charge in [-0.3, -0.25) is 0 Å². The van der Waals surface area contributed by atoms with E-state index in [1.54, 1.807) is 21.3 Å². The third-order valence-corrected chi connectivity index (χ3v) is 4.99. The van der Waals surface area contributed by atoms with Crippen LogP contribution in [0.2, 0.25) is 0 Å². The number of hydrogen-bond donors (Lipinski definition) is 0. The smallest absolute Gasteiger partial charge is 0.184 e. The molecule has 4 atom stereocenters. The number of ether oxygens (including phenoxy) is 6. The van der Waals surface area contributed by atoms with E-state index in [9.17, 15) is 0 Å². The zero-order chi connectivity index (χ0) is 19.5. The highest BCUT2D eigenvalue weighted by Gasteiger charge is 2.37. The molecule has 2 aromatic rings. The van der Waals surface area contributed by atoms with E-state index in [0.717, 1.165) is 28.4 Å². The van der Waals surface area contributed by atoms with E-state index in [1.807, 2.05) is 54.6 Å². The molecule has 2 aliphatic rings. The molecule has 0 aromatic heterocycles. The molecule has 0 saturated carbocycles. The van der Waals surface area contributed by atoms with Gasteiger partial charge in [0.25, 0.3) is 0 Å². The average molecular weight is 384 g/mol. The molecular weight excluding hydrogens is 360 g/mol. The average Bonchev–Trinajstić information content (AvgIpc) is 2.77. The van der Waals surface area contributed by atoms with Gasteiger partial charge in [0.2, 0.25) is 0 Å². The first-order chi connectivity index (χ1) is 13.7. The van der Waals surface area contributed by atoms with Crippen LogP contribution in [-0.4, -0.2) is 40.1 Å². The van der Waals surface area contributed by atoms with Crippen molar-refractivity contribution in [1.29, 1.82) is 0 Å². The standard InChI is InChI=1S/C22H24O6/c1-23-15-9-7-14(8-10-15)22-26-13-20-16(28-22)11-12-19(27-20)21-17(24-2)5-4-6-18(21)25-3/h4-12,16,19-20,22H,13H2,1-3H3/t16-,19-,20+,22?/m0/s1. The first-order valence-electron chi connectivity index (χ1n) is 9.19. The van der Waals surface area contributed by atoms with Crippen molar-refractivity contribution >= 4 is 0 Å². The van der Waals surface area contributed by atoms with Crippen LogP contribution in [0.15, 0.2) is 54.6 Å². The summed E-state index contributed by atoms with van der Waals surface area (Å²) >= 11 is 0. The molecule has 2 heterocycles. The van der Waals surface area contributed by atoms with Crippen molar-refractivity contribution in [1.82, 2.24) is 0 Å². The van der Waals surface area contributed by atoms with Gasteiger partial charge in [0.1, 0.15) is 35.6 Å². The lowest BCUT2D eigenvalue weighted by Crippen LogP contribution is -2.43. The van der Waals surface area contributed by atoms with E-state index in [0.29, 0.717) is 6.61 Å². The molecular formula is C22H24O6. The first kappa shape index (κ1) is 18.8. The van der Waals surface area contributed by atoms with Gasteiger partial charge in [0, 0.05) is 5.56 Å². The molecule has 28 heavy (non-hydrogen) atoms. The van der Waals surface area contributed by atoms with Crippen molar-refractivity contribution in [2.45, 2.75) is 24.6 Å². The minimum atomic E-state index is -0.433. The van der Waals surface area contributed by atoms with Crippen LogP contribution in [0.25, 0.3) is 0 Å². The van der Waals surface area contributed by atoms with E-state index in [-0.39, 0.29) is 18.3 Å². The maximum atomic E-state index is 6.27. The van der Waals surface area contributed by atoms with Gasteiger partial charge in [-0.2, -0.15) is 0 Å². The minimum Gasteiger partial charge on any atom is -0.497 e. The van der Waals surface area contributed by atoms with E-state index in [4.69, 9.17) is 28.4 Å². The first-order valence-corrected chi connectivity index (χ1v) is 9.19. The molecule has 1 unspecified atom stereocenters. The van der Waals surface area contributed by atoms with Crippen LogP contribution in [0.1, 0.15) is 23.5 Å². The fourth-order valence-corrected chi connectivity index (χ4v) is 3.54. The topological polar surface area (TPSA) is 55.4 Å². The number of fused-ring (bicyclic) bond motifs is 1. The summed E-state index contributed by atoms with van der Waals surface area (Å²) in [5.41, 5.74) is 1.81. The second-order valence-corrected chi connectivity index (χ2v) is 6.60. The van der Waals surface area contributed by atoms with Crippen LogP contribution in [0.3, 0.4) is 0 Å². The van der Waals surface area contributed by atoms with E-state index < -0.39 is 6.29 Å². The molecule has 1 fully saturated rings. The predicted octanol–water partition coefficient (Wildman–Crippen LogP) is 3.82. The highest BCUT2D eigenvalue weighted by atomic mass is 16.7. The number of hydrogen-bond acceptors (Lipinski definition) is 6.